The molecule has 1 aliphatic heterocycles. The summed E-state index contributed by atoms with van der Waals surface area (Å²) in [4.78, 5) is 8.54. The average Bonchev–Trinajstić information content (AvgIpc) is 2.29. The van der Waals surface area contributed by atoms with Crippen molar-refractivity contribution in [2.45, 2.75) is 31.8 Å². The van der Waals surface area contributed by atoms with Crippen LogP contribution >= 0.6 is 0 Å². The van der Waals surface area contributed by atoms with Crippen LogP contribution in [0.25, 0.3) is 0 Å². The first-order valence-corrected chi connectivity index (χ1v) is 7.38. The van der Waals surface area contributed by atoms with Crippen molar-refractivity contribution in [2.24, 2.45) is 5.92 Å². The number of nitrogens with zero attached hydrogens (tertiary/aromatic N) is 2. The Morgan fingerprint density at radius 1 is 1.41 bits per heavy atom. The maximum absolute atomic E-state index is 12.2. The van der Waals surface area contributed by atoms with Gasteiger partial charge in [-0.15, -0.1) is 0 Å². The third kappa shape index (κ3) is 3.57. The summed E-state index contributed by atoms with van der Waals surface area (Å²) in [5.74, 6) is 1.17. The monoisotopic (exact) mass is 253 g/mol. The molecule has 1 saturated heterocycles. The van der Waals surface area contributed by atoms with E-state index in [0.29, 0.717) is 16.8 Å². The van der Waals surface area contributed by atoms with Crippen LogP contribution in [0.1, 0.15) is 24.2 Å². The van der Waals surface area contributed by atoms with Gasteiger partial charge >= 0.3 is 0 Å². The molecule has 5 heteroatoms. The highest BCUT2D eigenvalue weighted by molar-refractivity contribution is 7.84. The zero-order valence-corrected chi connectivity index (χ0v) is 11.2. The molecule has 0 aromatic carbocycles. The van der Waals surface area contributed by atoms with Gasteiger partial charge in [0.1, 0.15) is 0 Å². The molecule has 1 N–H and O–H groups in total. The van der Waals surface area contributed by atoms with Crippen LogP contribution in [0.4, 0.5) is 0 Å². The summed E-state index contributed by atoms with van der Waals surface area (Å²) in [6.07, 6.45) is 2.33. The Bertz CT molecular complexity index is 396. The van der Waals surface area contributed by atoms with Crippen LogP contribution in [0.15, 0.2) is 11.2 Å². The summed E-state index contributed by atoms with van der Waals surface area (Å²) in [5, 5.41) is 3.83. The van der Waals surface area contributed by atoms with Crippen molar-refractivity contribution >= 4 is 10.8 Å². The predicted octanol–water partition coefficient (Wildman–Crippen LogP) is 1.20. The zero-order valence-electron chi connectivity index (χ0n) is 10.4. The Balaban J connectivity index is 2.03. The van der Waals surface area contributed by atoms with E-state index in [2.05, 4.69) is 15.3 Å². The van der Waals surface area contributed by atoms with Gasteiger partial charge in [0.15, 0.2) is 0 Å². The third-order valence-corrected chi connectivity index (χ3v) is 4.32. The molecule has 1 fully saturated rings. The number of aromatic nitrogens is 2. The molecule has 2 atom stereocenters. The van der Waals surface area contributed by atoms with E-state index >= 15 is 0 Å². The lowest BCUT2D eigenvalue weighted by Crippen LogP contribution is -2.32. The minimum Gasteiger partial charge on any atom is -0.316 e. The third-order valence-electron chi connectivity index (χ3n) is 2.95. The average molecular weight is 253 g/mol. The lowest BCUT2D eigenvalue weighted by atomic mass is 10.0. The molecule has 17 heavy (non-hydrogen) atoms. The number of nitrogens with one attached hydrogen (secondary N) is 1. The summed E-state index contributed by atoms with van der Waals surface area (Å²) < 4.78 is 12.2. The number of aryl methyl sites for hydroxylation is 2. The molecular formula is C12H19N3OS. The largest absolute Gasteiger partial charge is 0.316 e. The van der Waals surface area contributed by atoms with Crippen molar-refractivity contribution in [1.29, 1.82) is 0 Å². The fourth-order valence-corrected chi connectivity index (χ4v) is 3.50. The van der Waals surface area contributed by atoms with E-state index in [1.165, 1.54) is 6.42 Å². The molecule has 2 rings (SSSR count). The normalized spacial score (nSPS) is 22.4. The fourth-order valence-electron chi connectivity index (χ4n) is 2.15. The summed E-state index contributed by atoms with van der Waals surface area (Å²) in [6.45, 7) is 5.88. The molecule has 2 heterocycles. The van der Waals surface area contributed by atoms with Gasteiger partial charge in [0.25, 0.3) is 0 Å². The van der Waals surface area contributed by atoms with Gasteiger partial charge < -0.3 is 5.32 Å². The summed E-state index contributed by atoms with van der Waals surface area (Å²) in [5.41, 5.74) is 1.78. The van der Waals surface area contributed by atoms with Gasteiger partial charge in [0, 0.05) is 17.1 Å². The van der Waals surface area contributed by atoms with Gasteiger partial charge in [-0.1, -0.05) is 0 Å². The second-order valence-corrected chi connectivity index (χ2v) is 6.05. The smallest absolute Gasteiger partial charge is 0.218 e. The van der Waals surface area contributed by atoms with E-state index in [9.17, 15) is 4.21 Å². The quantitative estimate of drug-likeness (QED) is 0.822. The van der Waals surface area contributed by atoms with Crippen LogP contribution in [0.3, 0.4) is 0 Å². The van der Waals surface area contributed by atoms with Gasteiger partial charge in [-0.05, 0) is 51.8 Å². The van der Waals surface area contributed by atoms with E-state index in [0.717, 1.165) is 30.9 Å². The number of hydrogen-bond donors (Lipinski definition) is 1. The van der Waals surface area contributed by atoms with E-state index in [1.54, 1.807) is 0 Å². The second-order valence-electron chi connectivity index (χ2n) is 4.66. The minimum absolute atomic E-state index is 0.494. The van der Waals surface area contributed by atoms with E-state index < -0.39 is 10.8 Å². The van der Waals surface area contributed by atoms with Crippen molar-refractivity contribution in [3.05, 3.63) is 17.5 Å². The number of rotatable bonds is 3. The van der Waals surface area contributed by atoms with Gasteiger partial charge in [-0.25, -0.2) is 9.97 Å². The maximum Gasteiger partial charge on any atom is 0.218 e. The van der Waals surface area contributed by atoms with Crippen LogP contribution < -0.4 is 5.32 Å². The highest BCUT2D eigenvalue weighted by atomic mass is 32.2. The zero-order chi connectivity index (χ0) is 12.3. The van der Waals surface area contributed by atoms with E-state index in [-0.39, 0.29) is 0 Å². The van der Waals surface area contributed by atoms with Crippen molar-refractivity contribution < 1.29 is 4.21 Å². The first-order chi connectivity index (χ1) is 8.15. The van der Waals surface area contributed by atoms with Crippen LogP contribution in [0.5, 0.6) is 0 Å². The number of hydrogen-bond acceptors (Lipinski definition) is 4. The van der Waals surface area contributed by atoms with Crippen molar-refractivity contribution in [3.63, 3.8) is 0 Å². The molecular weight excluding hydrogens is 234 g/mol. The number of piperidine rings is 1. The summed E-state index contributed by atoms with van der Waals surface area (Å²) >= 11 is 0. The lowest BCUT2D eigenvalue weighted by Gasteiger charge is -2.21. The van der Waals surface area contributed by atoms with Crippen molar-refractivity contribution in [2.75, 3.05) is 18.8 Å². The molecule has 94 valence electrons. The van der Waals surface area contributed by atoms with Gasteiger partial charge in [0.05, 0.1) is 10.8 Å². The second kappa shape index (κ2) is 5.69. The van der Waals surface area contributed by atoms with Crippen LogP contribution in [0.2, 0.25) is 0 Å². The van der Waals surface area contributed by atoms with Crippen molar-refractivity contribution in [3.8, 4) is 0 Å². The standard InChI is InChI=1S/C12H19N3OS/c1-9-6-10(2)15-12(14-9)17(16)8-11-4-3-5-13-7-11/h6,11,13H,3-5,7-8H2,1-2H3/t11-,17-/m1/s1. The molecule has 0 radical (unpaired) electrons. The molecule has 0 bridgehead atoms. The van der Waals surface area contributed by atoms with Gasteiger partial charge in [0.2, 0.25) is 5.16 Å². The van der Waals surface area contributed by atoms with Gasteiger partial charge in [-0.2, -0.15) is 0 Å². The first-order valence-electron chi connectivity index (χ1n) is 6.06. The van der Waals surface area contributed by atoms with E-state index in [4.69, 9.17) is 0 Å². The highest BCUT2D eigenvalue weighted by Gasteiger charge is 2.18. The van der Waals surface area contributed by atoms with Gasteiger partial charge in [-0.3, -0.25) is 4.21 Å². The van der Waals surface area contributed by atoms with Crippen LogP contribution in [-0.2, 0) is 10.8 Å². The predicted molar refractivity (Wildman–Crippen MR) is 68.4 cm³/mol. The van der Waals surface area contributed by atoms with E-state index in [1.807, 2.05) is 19.9 Å². The molecule has 0 spiro atoms. The lowest BCUT2D eigenvalue weighted by molar-refractivity contribution is 0.407. The Morgan fingerprint density at radius 3 is 2.71 bits per heavy atom. The first kappa shape index (κ1) is 12.6. The van der Waals surface area contributed by atoms with Crippen LogP contribution in [-0.4, -0.2) is 33.0 Å². The summed E-state index contributed by atoms with van der Waals surface area (Å²) in [6, 6.07) is 1.91. The fraction of sp³-hybridized carbons (Fsp3) is 0.667. The molecule has 1 aliphatic rings. The molecule has 0 saturated carbocycles. The highest BCUT2D eigenvalue weighted by Crippen LogP contribution is 2.14. The topological polar surface area (TPSA) is 54.9 Å². The Hall–Kier alpha value is -0.810. The summed E-state index contributed by atoms with van der Waals surface area (Å²) in [7, 11) is -1.06. The molecule has 4 nitrogen and oxygen atoms in total. The Kier molecular flexibility index (Phi) is 4.23. The SMILES string of the molecule is Cc1cc(C)nc([S@](=O)C[C@@H]2CCCNC2)n1. The van der Waals surface area contributed by atoms with Crippen molar-refractivity contribution in [1.82, 2.24) is 15.3 Å². The van der Waals surface area contributed by atoms with Crippen LogP contribution in [0, 0.1) is 19.8 Å². The molecule has 0 amide bonds. The molecule has 1 aromatic heterocycles. The molecule has 1 aromatic rings. The Morgan fingerprint density at radius 2 is 2.12 bits per heavy atom. The maximum atomic E-state index is 12.2. The molecule has 0 aliphatic carbocycles. The Labute approximate surface area is 105 Å². The minimum atomic E-state index is -1.06. The molecule has 0 unspecified atom stereocenters.